The number of nitrogens with one attached hydrogen (secondary N) is 4. The lowest BCUT2D eigenvalue weighted by molar-refractivity contribution is -0.171. The van der Waals surface area contributed by atoms with Gasteiger partial charge in [-0.15, -0.1) is 0 Å². The first-order chi connectivity index (χ1) is 16.3. The van der Waals surface area contributed by atoms with Crippen LogP contribution < -0.4 is 27.0 Å². The molecule has 1 saturated carbocycles. The van der Waals surface area contributed by atoms with Crippen molar-refractivity contribution in [3.63, 3.8) is 0 Å². The highest BCUT2D eigenvalue weighted by molar-refractivity contribution is 5.01. The summed E-state index contributed by atoms with van der Waals surface area (Å²) < 4.78 is 35.4. The molecule has 1 aliphatic carbocycles. The van der Waals surface area contributed by atoms with E-state index in [0.717, 1.165) is 32.5 Å². The maximum absolute atomic E-state index is 12.3. The summed E-state index contributed by atoms with van der Waals surface area (Å²) in [6.45, 7) is 1.27. The second-order valence-electron chi connectivity index (χ2n) is 10.0. The highest BCUT2D eigenvalue weighted by Gasteiger charge is 2.51. The number of hydrogen-bond donors (Lipinski definition) is 7. The Morgan fingerprint density at radius 1 is 1.18 bits per heavy atom. The van der Waals surface area contributed by atoms with Crippen molar-refractivity contribution < 1.29 is 28.5 Å². The average Bonchev–Trinajstić information content (AvgIpc) is 3.35. The minimum atomic E-state index is -2.68. The fraction of sp³-hybridized carbons (Fsp3) is 1.00. The lowest BCUT2D eigenvalue weighted by Crippen LogP contribution is -2.68. The third-order valence-electron chi connectivity index (χ3n) is 7.59. The molecule has 0 radical (unpaired) electrons. The standard InChI is InChI=1S/C21H41F2N7O4/c1-29(7-6-25-8-12-2-4-13(5-3-12)33-21(22)23)9-14-16(31)17(32)20(34-14)30-11-28-15-18(24)26-10-27-19(15)30/h12-21,25-28,31-32H,2-11,24H2,1H3/t12?,13?,14-,15?,16-,17-,18?,19?,20-/m1/s1. The van der Waals surface area contributed by atoms with Gasteiger partial charge in [0.2, 0.25) is 0 Å². The number of fused-ring (bicyclic) bond motifs is 1. The van der Waals surface area contributed by atoms with Crippen molar-refractivity contribution in [2.45, 2.75) is 81.3 Å². The molecule has 4 aliphatic rings. The molecule has 0 aromatic rings. The molecular weight excluding hydrogens is 452 g/mol. The van der Waals surface area contributed by atoms with Gasteiger partial charge in [-0.3, -0.25) is 16.0 Å². The molecule has 0 amide bonds. The number of rotatable bonds is 10. The van der Waals surface area contributed by atoms with E-state index in [1.54, 1.807) is 0 Å². The van der Waals surface area contributed by atoms with E-state index in [2.05, 4.69) is 30.9 Å². The van der Waals surface area contributed by atoms with E-state index >= 15 is 0 Å². The van der Waals surface area contributed by atoms with Crippen LogP contribution in [0.5, 0.6) is 0 Å². The number of aliphatic hydroxyl groups is 2. The lowest BCUT2D eigenvalue weighted by atomic mass is 9.87. The van der Waals surface area contributed by atoms with Crippen molar-refractivity contribution in [3.8, 4) is 0 Å². The number of alkyl halides is 2. The summed E-state index contributed by atoms with van der Waals surface area (Å²) >= 11 is 0. The summed E-state index contributed by atoms with van der Waals surface area (Å²) in [6, 6.07) is -0.0126. The van der Waals surface area contributed by atoms with Crippen LogP contribution in [-0.4, -0.2) is 122 Å². The largest absolute Gasteiger partial charge is 0.387 e. The molecule has 7 atom stereocenters. The Morgan fingerprint density at radius 2 is 1.94 bits per heavy atom. The Bertz CT molecular complexity index is 634. The molecule has 34 heavy (non-hydrogen) atoms. The Hall–Kier alpha value is -0.580. The van der Waals surface area contributed by atoms with Gasteiger partial charge in [-0.05, 0) is 45.2 Å². The zero-order chi connectivity index (χ0) is 24.2. The monoisotopic (exact) mass is 493 g/mol. The second-order valence-corrected chi connectivity index (χ2v) is 10.0. The Kier molecular flexibility index (Phi) is 9.43. The van der Waals surface area contributed by atoms with Crippen LogP contribution in [0.15, 0.2) is 0 Å². The fourth-order valence-corrected chi connectivity index (χ4v) is 5.60. The lowest BCUT2D eigenvalue weighted by Gasteiger charge is -2.38. The predicted molar refractivity (Wildman–Crippen MR) is 120 cm³/mol. The van der Waals surface area contributed by atoms with Gasteiger partial charge >= 0.3 is 6.61 Å². The molecule has 0 spiro atoms. The fourth-order valence-electron chi connectivity index (χ4n) is 5.60. The van der Waals surface area contributed by atoms with Crippen LogP contribution >= 0.6 is 0 Å². The molecule has 3 heterocycles. The van der Waals surface area contributed by atoms with Crippen LogP contribution in [0.3, 0.4) is 0 Å². The average molecular weight is 494 g/mol. The van der Waals surface area contributed by atoms with E-state index in [4.69, 9.17) is 10.5 Å². The van der Waals surface area contributed by atoms with Crippen LogP contribution in [0.4, 0.5) is 8.78 Å². The molecule has 4 fully saturated rings. The topological polar surface area (TPSA) is 140 Å². The molecule has 3 saturated heterocycles. The number of ether oxygens (including phenoxy) is 2. The Morgan fingerprint density at radius 3 is 2.68 bits per heavy atom. The summed E-state index contributed by atoms with van der Waals surface area (Å²) in [7, 11) is 1.96. The first-order valence-electron chi connectivity index (χ1n) is 12.4. The number of halogens is 2. The van der Waals surface area contributed by atoms with Gasteiger partial charge in [0, 0.05) is 26.3 Å². The van der Waals surface area contributed by atoms with Gasteiger partial charge in [0.25, 0.3) is 0 Å². The number of likely N-dealkylation sites (N-methyl/N-ethyl adjacent to an activating group) is 1. The van der Waals surface area contributed by atoms with Gasteiger partial charge in [0.1, 0.15) is 24.5 Å². The van der Waals surface area contributed by atoms with E-state index in [9.17, 15) is 19.0 Å². The molecule has 198 valence electrons. The normalized spacial score (nSPS) is 41.5. The quantitative estimate of drug-likeness (QED) is 0.166. The molecular formula is C21H41F2N7O4. The van der Waals surface area contributed by atoms with Crippen LogP contribution in [0.1, 0.15) is 25.7 Å². The van der Waals surface area contributed by atoms with Crippen molar-refractivity contribution in [1.82, 2.24) is 31.1 Å². The highest BCUT2D eigenvalue weighted by Crippen LogP contribution is 2.29. The number of nitrogens with zero attached hydrogens (tertiary/aromatic N) is 2. The molecule has 13 heteroatoms. The van der Waals surface area contributed by atoms with Crippen LogP contribution in [0.2, 0.25) is 0 Å². The number of aliphatic hydroxyl groups excluding tert-OH is 2. The molecule has 0 aromatic heterocycles. The van der Waals surface area contributed by atoms with Gasteiger partial charge in [-0.1, -0.05) is 0 Å². The van der Waals surface area contributed by atoms with Gasteiger partial charge in [-0.25, -0.2) is 4.90 Å². The molecule has 3 aliphatic heterocycles. The summed E-state index contributed by atoms with van der Waals surface area (Å²) in [5, 5.41) is 34.6. The van der Waals surface area contributed by atoms with E-state index < -0.39 is 31.2 Å². The van der Waals surface area contributed by atoms with Gasteiger partial charge in [0.05, 0.1) is 31.1 Å². The number of nitrogens with two attached hydrogens (primary N) is 1. The molecule has 11 nitrogen and oxygen atoms in total. The van der Waals surface area contributed by atoms with E-state index in [-0.39, 0.29) is 24.5 Å². The zero-order valence-electron chi connectivity index (χ0n) is 19.8. The van der Waals surface area contributed by atoms with Crippen molar-refractivity contribution >= 4 is 0 Å². The third kappa shape index (κ3) is 6.40. The van der Waals surface area contributed by atoms with Crippen molar-refractivity contribution in [2.24, 2.45) is 11.7 Å². The molecule has 0 bridgehead atoms. The Balaban J connectivity index is 1.14. The van der Waals surface area contributed by atoms with Crippen molar-refractivity contribution in [1.29, 1.82) is 0 Å². The smallest absolute Gasteiger partial charge is 0.345 e. The highest BCUT2D eigenvalue weighted by atomic mass is 19.3. The first kappa shape index (κ1) is 26.5. The summed E-state index contributed by atoms with van der Waals surface area (Å²) in [6.07, 6.45) is -0.531. The molecule has 0 aromatic carbocycles. The molecule has 8 N–H and O–H groups in total. The summed E-state index contributed by atoms with van der Waals surface area (Å²) in [5.74, 6) is 0.480. The zero-order valence-corrected chi connectivity index (χ0v) is 19.8. The maximum atomic E-state index is 12.3. The van der Waals surface area contributed by atoms with Gasteiger partial charge < -0.3 is 35.6 Å². The minimum absolute atomic E-state index is 0.0126. The van der Waals surface area contributed by atoms with Crippen LogP contribution in [0, 0.1) is 5.92 Å². The summed E-state index contributed by atoms with van der Waals surface area (Å²) in [5.41, 5.74) is 6.13. The molecule has 3 unspecified atom stereocenters. The minimum Gasteiger partial charge on any atom is -0.387 e. The van der Waals surface area contributed by atoms with E-state index in [0.29, 0.717) is 38.6 Å². The predicted octanol–water partition coefficient (Wildman–Crippen LogP) is -2.25. The van der Waals surface area contributed by atoms with E-state index in [1.807, 2.05) is 11.9 Å². The SMILES string of the molecule is CN(CCNCC1CCC(OC(F)F)CC1)C[C@H]1O[C@@H](N2CNC3C(N)NCNC32)[C@H](O)[C@@H]1O. The number of hydrogen-bond acceptors (Lipinski definition) is 11. The van der Waals surface area contributed by atoms with Gasteiger partial charge in [-0.2, -0.15) is 8.78 Å². The maximum Gasteiger partial charge on any atom is 0.345 e. The van der Waals surface area contributed by atoms with Crippen LogP contribution in [-0.2, 0) is 9.47 Å². The van der Waals surface area contributed by atoms with Crippen molar-refractivity contribution in [2.75, 3.05) is 46.6 Å². The van der Waals surface area contributed by atoms with E-state index in [1.165, 1.54) is 0 Å². The third-order valence-corrected chi connectivity index (χ3v) is 7.59. The summed E-state index contributed by atoms with van der Waals surface area (Å²) in [4.78, 5) is 4.06. The Labute approximate surface area is 199 Å². The molecule has 4 rings (SSSR count). The first-order valence-corrected chi connectivity index (χ1v) is 12.4. The van der Waals surface area contributed by atoms with Crippen molar-refractivity contribution in [3.05, 3.63) is 0 Å². The van der Waals surface area contributed by atoms with Gasteiger partial charge in [0.15, 0.2) is 0 Å². The van der Waals surface area contributed by atoms with Crippen LogP contribution in [0.25, 0.3) is 0 Å². The second kappa shape index (κ2) is 12.1.